The molecule has 2 amide bonds. The second-order valence-electron chi connectivity index (χ2n) is 9.23. The van der Waals surface area contributed by atoms with E-state index in [0.29, 0.717) is 35.7 Å². The summed E-state index contributed by atoms with van der Waals surface area (Å²) in [7, 11) is 3.10. The maximum absolute atomic E-state index is 14.1. The van der Waals surface area contributed by atoms with E-state index in [4.69, 9.17) is 14.2 Å². The number of aromatic nitrogens is 3. The third kappa shape index (κ3) is 6.04. The lowest BCUT2D eigenvalue weighted by Crippen LogP contribution is -2.46. The summed E-state index contributed by atoms with van der Waals surface area (Å²) in [6.07, 6.45) is 1.80. The normalized spacial score (nSPS) is 15.7. The van der Waals surface area contributed by atoms with E-state index in [1.54, 1.807) is 34.9 Å². The number of nitrogens with one attached hydrogen (secondary N) is 1. The number of carbonyl (C=O) groups excluding carboxylic acids is 2. The van der Waals surface area contributed by atoms with E-state index >= 15 is 0 Å². The van der Waals surface area contributed by atoms with Gasteiger partial charge in [-0.25, -0.2) is 4.68 Å². The summed E-state index contributed by atoms with van der Waals surface area (Å²) in [5.74, 6) is 0.428. The Morgan fingerprint density at radius 2 is 2.05 bits per heavy atom. The van der Waals surface area contributed by atoms with Crippen LogP contribution in [-0.4, -0.2) is 65.2 Å². The third-order valence-corrected chi connectivity index (χ3v) is 7.62. The van der Waals surface area contributed by atoms with Crippen molar-refractivity contribution in [2.75, 3.05) is 27.4 Å². The Morgan fingerprint density at radius 3 is 2.79 bits per heavy atom. The van der Waals surface area contributed by atoms with Crippen molar-refractivity contribution >= 4 is 34.2 Å². The lowest BCUT2D eigenvalue weighted by atomic mass is 10.0. The van der Waals surface area contributed by atoms with Crippen LogP contribution in [-0.2, 0) is 27.4 Å². The van der Waals surface area contributed by atoms with Crippen LogP contribution in [0.25, 0.3) is 11.0 Å². The fourth-order valence-corrected chi connectivity index (χ4v) is 5.46. The molecule has 2 aromatic carbocycles. The Kier molecular flexibility index (Phi) is 8.38. The second-order valence-corrected chi connectivity index (χ2v) is 10.3. The van der Waals surface area contributed by atoms with Crippen LogP contribution in [0.5, 0.6) is 11.5 Å². The van der Waals surface area contributed by atoms with Gasteiger partial charge in [-0.05, 0) is 48.6 Å². The molecule has 0 saturated carbocycles. The molecule has 0 aliphatic carbocycles. The van der Waals surface area contributed by atoms with Crippen LogP contribution in [0.4, 0.5) is 0 Å². The van der Waals surface area contributed by atoms with Crippen LogP contribution < -0.4 is 14.8 Å². The monoisotopic (exact) mass is 549 g/mol. The highest BCUT2D eigenvalue weighted by molar-refractivity contribution is 7.09. The summed E-state index contributed by atoms with van der Waals surface area (Å²) in [4.78, 5) is 30.5. The molecule has 0 radical (unpaired) electrons. The molecule has 11 heteroatoms. The van der Waals surface area contributed by atoms with Crippen molar-refractivity contribution < 1.29 is 23.8 Å². The lowest BCUT2D eigenvalue weighted by molar-refractivity contribution is -0.142. The zero-order valence-corrected chi connectivity index (χ0v) is 22.7. The van der Waals surface area contributed by atoms with Gasteiger partial charge in [0.15, 0.2) is 0 Å². The van der Waals surface area contributed by atoms with Gasteiger partial charge in [0, 0.05) is 29.7 Å². The molecule has 0 bridgehead atoms. The summed E-state index contributed by atoms with van der Waals surface area (Å²) in [5, 5.41) is 13.4. The molecule has 3 heterocycles. The molecular weight excluding hydrogens is 518 g/mol. The number of rotatable bonds is 11. The number of thiophene rings is 1. The molecular formula is C28H31N5O5S. The quantitative estimate of drug-likeness (QED) is 0.305. The first-order chi connectivity index (χ1) is 19.1. The third-order valence-electron chi connectivity index (χ3n) is 6.76. The van der Waals surface area contributed by atoms with E-state index < -0.39 is 6.04 Å². The summed E-state index contributed by atoms with van der Waals surface area (Å²) in [6, 6.07) is 15.6. The minimum Gasteiger partial charge on any atom is -0.497 e. The van der Waals surface area contributed by atoms with E-state index in [9.17, 15) is 9.59 Å². The molecule has 0 spiro atoms. The van der Waals surface area contributed by atoms with Gasteiger partial charge in [0.2, 0.25) is 11.8 Å². The summed E-state index contributed by atoms with van der Waals surface area (Å²) < 4.78 is 18.3. The largest absolute Gasteiger partial charge is 0.497 e. The molecule has 1 fully saturated rings. The lowest BCUT2D eigenvalue weighted by Gasteiger charge is -2.32. The number of carbonyl (C=O) groups is 2. The Hall–Kier alpha value is -3.96. The Bertz CT molecular complexity index is 1420. The SMILES string of the molecule is COc1ccc([C@@H](C(=O)NC[C@@H]2CCCO2)N(Cc2cccs2)C(=O)Cn2nnc3ccccc32)c(OC)c1. The Labute approximate surface area is 230 Å². The standard InChI is InChI=1S/C28H31N5O5S/c1-36-19-11-12-22(25(15-19)37-2)27(28(35)29-16-20-7-5-13-38-20)32(17-21-8-6-14-39-21)26(34)18-33-24-10-4-3-9-23(24)30-31-33/h3-4,6,8-12,14-15,20,27H,5,7,13,16-18H2,1-2H3,(H,29,35)/t20-,27-/m0/s1. The predicted molar refractivity (Wildman–Crippen MR) is 147 cm³/mol. The molecule has 1 aliphatic heterocycles. The van der Waals surface area contributed by atoms with Gasteiger partial charge in [-0.2, -0.15) is 0 Å². The number of benzene rings is 2. The molecule has 1 aliphatic rings. The van der Waals surface area contributed by atoms with Crippen LogP contribution in [0.15, 0.2) is 60.0 Å². The zero-order valence-electron chi connectivity index (χ0n) is 21.9. The van der Waals surface area contributed by atoms with Gasteiger partial charge in [0.05, 0.1) is 32.4 Å². The highest BCUT2D eigenvalue weighted by Gasteiger charge is 2.35. The van der Waals surface area contributed by atoms with Crippen LogP contribution in [0.2, 0.25) is 0 Å². The van der Waals surface area contributed by atoms with E-state index in [1.165, 1.54) is 18.4 Å². The average molecular weight is 550 g/mol. The van der Waals surface area contributed by atoms with Crippen molar-refractivity contribution in [1.29, 1.82) is 0 Å². The number of para-hydroxylation sites is 1. The zero-order chi connectivity index (χ0) is 27.2. The first-order valence-corrected chi connectivity index (χ1v) is 13.7. The molecule has 39 heavy (non-hydrogen) atoms. The van der Waals surface area contributed by atoms with Crippen molar-refractivity contribution in [3.8, 4) is 11.5 Å². The number of methoxy groups -OCH3 is 2. The molecule has 2 atom stereocenters. The van der Waals surface area contributed by atoms with Gasteiger partial charge in [0.1, 0.15) is 29.6 Å². The minimum atomic E-state index is -0.975. The molecule has 2 aromatic heterocycles. The van der Waals surface area contributed by atoms with Gasteiger partial charge in [0.25, 0.3) is 0 Å². The number of ether oxygens (including phenoxy) is 3. The predicted octanol–water partition coefficient (Wildman–Crippen LogP) is 3.58. The number of hydrogen-bond donors (Lipinski definition) is 1. The second kappa shape index (κ2) is 12.3. The van der Waals surface area contributed by atoms with Crippen LogP contribution in [0.1, 0.15) is 29.3 Å². The summed E-state index contributed by atoms with van der Waals surface area (Å²) in [6.45, 7) is 1.20. The maximum Gasteiger partial charge on any atom is 0.247 e. The van der Waals surface area contributed by atoms with Crippen molar-refractivity contribution in [2.24, 2.45) is 0 Å². The number of amides is 2. The van der Waals surface area contributed by atoms with Crippen molar-refractivity contribution in [1.82, 2.24) is 25.2 Å². The number of hydrogen-bond acceptors (Lipinski definition) is 8. The Balaban J connectivity index is 1.53. The molecule has 1 saturated heterocycles. The van der Waals surface area contributed by atoms with Crippen LogP contribution in [0.3, 0.4) is 0 Å². The molecule has 204 valence electrons. The van der Waals surface area contributed by atoms with E-state index in [1.807, 2.05) is 41.8 Å². The van der Waals surface area contributed by atoms with E-state index in [-0.39, 0.29) is 31.0 Å². The molecule has 10 nitrogen and oxygen atoms in total. The maximum atomic E-state index is 14.1. The number of fused-ring (bicyclic) bond motifs is 1. The first kappa shape index (κ1) is 26.6. The van der Waals surface area contributed by atoms with Gasteiger partial charge < -0.3 is 24.4 Å². The molecule has 4 aromatic rings. The summed E-state index contributed by atoms with van der Waals surface area (Å²) >= 11 is 1.52. The van der Waals surface area contributed by atoms with E-state index in [2.05, 4.69) is 15.6 Å². The first-order valence-electron chi connectivity index (χ1n) is 12.8. The summed E-state index contributed by atoms with van der Waals surface area (Å²) in [5.41, 5.74) is 1.98. The van der Waals surface area contributed by atoms with Gasteiger partial charge >= 0.3 is 0 Å². The van der Waals surface area contributed by atoms with Crippen LogP contribution >= 0.6 is 11.3 Å². The fraction of sp³-hybridized carbons (Fsp3) is 0.357. The van der Waals surface area contributed by atoms with Crippen molar-refractivity contribution in [3.05, 3.63) is 70.4 Å². The molecule has 0 unspecified atom stereocenters. The minimum absolute atomic E-state index is 0.0460. The van der Waals surface area contributed by atoms with Gasteiger partial charge in [-0.15, -0.1) is 16.4 Å². The molecule has 1 N–H and O–H groups in total. The smallest absolute Gasteiger partial charge is 0.247 e. The van der Waals surface area contributed by atoms with Gasteiger partial charge in [-0.1, -0.05) is 23.4 Å². The van der Waals surface area contributed by atoms with E-state index in [0.717, 1.165) is 23.2 Å². The molecule has 5 rings (SSSR count). The topological polar surface area (TPSA) is 108 Å². The number of nitrogens with zero attached hydrogens (tertiary/aromatic N) is 4. The highest BCUT2D eigenvalue weighted by atomic mass is 32.1. The van der Waals surface area contributed by atoms with Gasteiger partial charge in [-0.3, -0.25) is 9.59 Å². The highest BCUT2D eigenvalue weighted by Crippen LogP contribution is 2.35. The Morgan fingerprint density at radius 1 is 1.18 bits per heavy atom. The van der Waals surface area contributed by atoms with Crippen molar-refractivity contribution in [2.45, 2.75) is 38.1 Å². The average Bonchev–Trinajstić information content (AvgIpc) is 3.75. The van der Waals surface area contributed by atoms with Crippen molar-refractivity contribution in [3.63, 3.8) is 0 Å². The van der Waals surface area contributed by atoms with Crippen LogP contribution in [0, 0.1) is 0 Å². The fourth-order valence-electron chi connectivity index (χ4n) is 4.76.